The van der Waals surface area contributed by atoms with Crippen molar-refractivity contribution in [1.29, 1.82) is 0 Å². The first-order valence-corrected chi connectivity index (χ1v) is 5.18. The molecule has 6 N–H and O–H groups in total. The number of hydrogen-bond acceptors (Lipinski definition) is 8. The smallest absolute Gasteiger partial charge is 0.281 e. The van der Waals surface area contributed by atoms with Crippen molar-refractivity contribution in [2.75, 3.05) is 6.61 Å². The number of aromatic hydroxyl groups is 1. The van der Waals surface area contributed by atoms with Gasteiger partial charge in [0.15, 0.2) is 6.29 Å². The van der Waals surface area contributed by atoms with Gasteiger partial charge in [0.05, 0.1) is 12.9 Å². The number of furan rings is 1. The number of aliphatic hydroxyl groups excluding tert-OH is 5. The first-order valence-electron chi connectivity index (χ1n) is 5.18. The van der Waals surface area contributed by atoms with E-state index in [0.717, 1.165) is 0 Å². The Morgan fingerprint density at radius 1 is 1.06 bits per heavy atom. The van der Waals surface area contributed by atoms with E-state index in [-0.39, 0.29) is 5.95 Å². The van der Waals surface area contributed by atoms with Gasteiger partial charge in [-0.2, -0.15) is 0 Å². The van der Waals surface area contributed by atoms with Crippen LogP contribution in [0.4, 0.5) is 0 Å². The Labute approximate surface area is 102 Å². The third-order valence-corrected chi connectivity index (χ3v) is 2.37. The molecule has 1 fully saturated rings. The molecule has 18 heavy (non-hydrogen) atoms. The van der Waals surface area contributed by atoms with Gasteiger partial charge in [-0.05, 0) is 6.07 Å². The largest absolute Gasteiger partial charge is 0.481 e. The lowest BCUT2D eigenvalue weighted by molar-refractivity contribution is -0.286. The molecule has 104 valence electrons. The number of rotatable bonds is 1. The van der Waals surface area contributed by atoms with Crippen molar-refractivity contribution in [1.82, 2.24) is 0 Å². The molecular weight excluding hydrogens is 248 g/mol. The quantitative estimate of drug-likeness (QED) is 0.334. The lowest BCUT2D eigenvalue weighted by Gasteiger charge is -2.37. The maximum Gasteiger partial charge on any atom is 0.281 e. The molecule has 2 heterocycles. The molecule has 0 saturated carbocycles. The highest BCUT2D eigenvalue weighted by atomic mass is 16.6. The predicted molar refractivity (Wildman–Crippen MR) is 56.4 cm³/mol. The van der Waals surface area contributed by atoms with Crippen molar-refractivity contribution >= 4 is 0 Å². The Morgan fingerprint density at radius 2 is 1.72 bits per heavy atom. The minimum Gasteiger partial charge on any atom is -0.481 e. The van der Waals surface area contributed by atoms with Crippen molar-refractivity contribution in [3.05, 3.63) is 18.4 Å². The van der Waals surface area contributed by atoms with Crippen LogP contribution in [0.1, 0.15) is 0 Å². The summed E-state index contributed by atoms with van der Waals surface area (Å²) in [6.07, 6.45) is -5.63. The van der Waals surface area contributed by atoms with E-state index in [2.05, 4.69) is 9.15 Å². The van der Waals surface area contributed by atoms with E-state index in [4.69, 9.17) is 30.6 Å². The molecule has 0 amide bonds. The van der Waals surface area contributed by atoms with Crippen LogP contribution in [0.2, 0.25) is 0 Å². The molecule has 1 aromatic heterocycles. The van der Waals surface area contributed by atoms with Gasteiger partial charge in [0.1, 0.15) is 24.4 Å². The second kappa shape index (κ2) is 6.69. The number of hydrogen-bond donors (Lipinski definition) is 6. The van der Waals surface area contributed by atoms with Gasteiger partial charge in [-0.3, -0.25) is 0 Å². The van der Waals surface area contributed by atoms with Gasteiger partial charge < -0.3 is 39.8 Å². The van der Waals surface area contributed by atoms with Crippen LogP contribution in [0, 0.1) is 0 Å². The third kappa shape index (κ3) is 3.67. The van der Waals surface area contributed by atoms with E-state index >= 15 is 0 Å². The molecule has 0 bridgehead atoms. The maximum atomic E-state index is 9.12. The summed E-state index contributed by atoms with van der Waals surface area (Å²) in [4.78, 5) is 0. The summed E-state index contributed by atoms with van der Waals surface area (Å²) in [6.45, 7) is -0.526. The van der Waals surface area contributed by atoms with Crippen LogP contribution in [0.5, 0.6) is 5.95 Å². The molecule has 0 spiro atoms. The fourth-order valence-electron chi connectivity index (χ4n) is 1.35. The highest BCUT2D eigenvalue weighted by Crippen LogP contribution is 2.18. The summed E-state index contributed by atoms with van der Waals surface area (Å²) >= 11 is 0. The van der Waals surface area contributed by atoms with E-state index in [0.29, 0.717) is 0 Å². The lowest BCUT2D eigenvalue weighted by Crippen LogP contribution is -2.58. The van der Waals surface area contributed by atoms with Crippen LogP contribution in [0.3, 0.4) is 0 Å². The number of ether oxygens (including phenoxy) is 1. The highest BCUT2D eigenvalue weighted by Gasteiger charge is 2.42. The minimum atomic E-state index is -1.57. The minimum absolute atomic E-state index is 0.0324. The average Bonchev–Trinajstić information content (AvgIpc) is 2.83. The van der Waals surface area contributed by atoms with E-state index in [1.54, 1.807) is 6.07 Å². The molecule has 2 rings (SSSR count). The monoisotopic (exact) mass is 264 g/mol. The van der Waals surface area contributed by atoms with Crippen LogP contribution in [0.15, 0.2) is 22.8 Å². The molecule has 0 aromatic carbocycles. The Hall–Kier alpha value is -1.16. The first kappa shape index (κ1) is 14.9. The maximum absolute atomic E-state index is 9.12. The fourth-order valence-corrected chi connectivity index (χ4v) is 1.35. The first-order chi connectivity index (χ1) is 8.47. The van der Waals surface area contributed by atoms with Crippen molar-refractivity contribution < 1.29 is 39.8 Å². The van der Waals surface area contributed by atoms with E-state index in [1.807, 2.05) is 0 Å². The molecule has 1 aliphatic heterocycles. The molecule has 8 nitrogen and oxygen atoms in total. The fraction of sp³-hybridized carbons (Fsp3) is 0.600. The van der Waals surface area contributed by atoms with Gasteiger partial charge in [0.25, 0.3) is 5.95 Å². The Kier molecular flexibility index (Phi) is 5.54. The summed E-state index contributed by atoms with van der Waals surface area (Å²) in [7, 11) is 0. The van der Waals surface area contributed by atoms with Crippen molar-refractivity contribution in [2.45, 2.75) is 30.7 Å². The van der Waals surface area contributed by atoms with Crippen molar-refractivity contribution in [3.63, 3.8) is 0 Å². The second-order valence-corrected chi connectivity index (χ2v) is 3.67. The van der Waals surface area contributed by atoms with Gasteiger partial charge in [-0.1, -0.05) is 0 Å². The zero-order valence-electron chi connectivity index (χ0n) is 9.33. The van der Waals surface area contributed by atoms with Crippen LogP contribution in [-0.2, 0) is 4.74 Å². The molecule has 1 saturated heterocycles. The molecule has 1 aliphatic rings. The van der Waals surface area contributed by atoms with Crippen LogP contribution >= 0.6 is 0 Å². The van der Waals surface area contributed by atoms with Crippen molar-refractivity contribution in [2.24, 2.45) is 0 Å². The molecular formula is C10H16O8. The van der Waals surface area contributed by atoms with Crippen molar-refractivity contribution in [3.8, 4) is 5.95 Å². The lowest BCUT2D eigenvalue weighted by atomic mass is 10.00. The van der Waals surface area contributed by atoms with Gasteiger partial charge in [-0.15, -0.1) is 0 Å². The second-order valence-electron chi connectivity index (χ2n) is 3.67. The van der Waals surface area contributed by atoms with Crippen LogP contribution in [-0.4, -0.2) is 68.0 Å². The average molecular weight is 264 g/mol. The zero-order valence-corrected chi connectivity index (χ0v) is 9.33. The molecule has 8 heteroatoms. The molecule has 1 unspecified atom stereocenters. The summed E-state index contributed by atoms with van der Waals surface area (Å²) in [5.41, 5.74) is 0. The standard InChI is InChI=1S/C6H12O6.C4H4O2/c7-1-2-3(8)4(9)5(10)6(11)12-2;5-4-2-1-3-6-4/h2-11H,1H2;1-3,5H/t2-,3-,4+,5-,6?;/m1./s1. The van der Waals surface area contributed by atoms with Gasteiger partial charge >= 0.3 is 0 Å². The summed E-state index contributed by atoms with van der Waals surface area (Å²) in [5, 5.41) is 53.0. The zero-order chi connectivity index (χ0) is 13.7. The van der Waals surface area contributed by atoms with Gasteiger partial charge in [0, 0.05) is 6.07 Å². The summed E-state index contributed by atoms with van der Waals surface area (Å²) in [5.74, 6) is -0.0324. The Morgan fingerprint density at radius 3 is 2.11 bits per heavy atom. The highest BCUT2D eigenvalue weighted by molar-refractivity contribution is 5.00. The van der Waals surface area contributed by atoms with E-state index in [1.165, 1.54) is 12.3 Å². The number of aliphatic hydroxyl groups is 5. The topological polar surface area (TPSA) is 144 Å². The molecule has 1 aromatic rings. The summed E-state index contributed by atoms with van der Waals surface area (Å²) < 4.78 is 8.96. The van der Waals surface area contributed by atoms with Gasteiger partial charge in [-0.25, -0.2) is 0 Å². The normalized spacial score (nSPS) is 35.7. The summed E-state index contributed by atoms with van der Waals surface area (Å²) in [6, 6.07) is 3.09. The van der Waals surface area contributed by atoms with E-state index in [9.17, 15) is 0 Å². The van der Waals surface area contributed by atoms with Gasteiger partial charge in [0.2, 0.25) is 0 Å². The molecule has 0 aliphatic carbocycles. The van der Waals surface area contributed by atoms with E-state index < -0.39 is 37.3 Å². The third-order valence-electron chi connectivity index (χ3n) is 2.37. The van der Waals surface area contributed by atoms with Crippen LogP contribution in [0.25, 0.3) is 0 Å². The predicted octanol–water partition coefficient (Wildman–Crippen LogP) is -2.24. The SMILES string of the molecule is OC[C@H]1OC(O)[C@H](O)[C@@H](O)[C@@H]1O.Oc1ccco1. The Bertz CT molecular complexity index is 322. The Balaban J connectivity index is 0.000000225. The molecule has 5 atom stereocenters. The molecule has 0 radical (unpaired) electrons. The van der Waals surface area contributed by atoms with Crippen LogP contribution < -0.4 is 0 Å².